The van der Waals surface area contributed by atoms with Gasteiger partial charge in [0.2, 0.25) is 0 Å². The molecule has 0 aliphatic heterocycles. The van der Waals surface area contributed by atoms with Gasteiger partial charge in [0.25, 0.3) is 0 Å². The Labute approximate surface area is 96.2 Å². The molecular weight excluding hydrogens is 228 g/mol. The van der Waals surface area contributed by atoms with Crippen LogP contribution in [0.5, 0.6) is 0 Å². The van der Waals surface area contributed by atoms with Crippen LogP contribution in [0, 0.1) is 0 Å². The van der Waals surface area contributed by atoms with E-state index in [1.54, 1.807) is 18.2 Å². The van der Waals surface area contributed by atoms with E-state index in [9.17, 15) is 4.21 Å². The highest BCUT2D eigenvalue weighted by molar-refractivity contribution is 7.85. The second-order valence-electron chi connectivity index (χ2n) is 3.04. The summed E-state index contributed by atoms with van der Waals surface area (Å²) in [5.41, 5.74) is 0. The molecule has 0 heterocycles. The van der Waals surface area contributed by atoms with Gasteiger partial charge in [-0.3, -0.25) is 0 Å². The maximum absolute atomic E-state index is 12.1. The maximum Gasteiger partial charge on any atom is 0.0850 e. The highest BCUT2D eigenvalue weighted by Crippen LogP contribution is 2.19. The van der Waals surface area contributed by atoms with Crippen LogP contribution < -0.4 is 0 Å². The minimum Gasteiger partial charge on any atom is -0.249 e. The second kappa shape index (κ2) is 4.60. The van der Waals surface area contributed by atoms with E-state index < -0.39 is 10.8 Å². The monoisotopic (exact) mass is 236 g/mol. The first-order valence-electron chi connectivity index (χ1n) is 4.50. The van der Waals surface area contributed by atoms with E-state index in [-0.39, 0.29) is 0 Å². The molecule has 0 radical (unpaired) electrons. The molecule has 15 heavy (non-hydrogen) atoms. The molecule has 0 amide bonds. The van der Waals surface area contributed by atoms with E-state index in [4.69, 9.17) is 11.6 Å². The number of halogens is 1. The van der Waals surface area contributed by atoms with Crippen LogP contribution in [-0.2, 0) is 10.8 Å². The summed E-state index contributed by atoms with van der Waals surface area (Å²) in [7, 11) is -1.14. The van der Waals surface area contributed by atoms with Crippen molar-refractivity contribution in [1.29, 1.82) is 0 Å². The zero-order valence-electron chi connectivity index (χ0n) is 7.89. The molecule has 0 unspecified atom stereocenters. The summed E-state index contributed by atoms with van der Waals surface area (Å²) in [4.78, 5) is 1.52. The molecule has 1 atom stereocenters. The zero-order valence-corrected chi connectivity index (χ0v) is 9.46. The summed E-state index contributed by atoms with van der Waals surface area (Å²) >= 11 is 5.84. The Morgan fingerprint density at radius 2 is 1.53 bits per heavy atom. The summed E-state index contributed by atoms with van der Waals surface area (Å²) in [6, 6.07) is 16.5. The van der Waals surface area contributed by atoms with Crippen LogP contribution in [0.4, 0.5) is 0 Å². The Morgan fingerprint density at radius 1 is 0.867 bits per heavy atom. The molecule has 0 fully saturated rings. The number of hydrogen-bond acceptors (Lipinski definition) is 1. The highest BCUT2D eigenvalue weighted by Gasteiger charge is 2.05. The van der Waals surface area contributed by atoms with Crippen LogP contribution in [0.2, 0.25) is 5.02 Å². The van der Waals surface area contributed by atoms with E-state index in [2.05, 4.69) is 0 Å². The first-order chi connectivity index (χ1) is 7.27. The lowest BCUT2D eigenvalue weighted by Crippen LogP contribution is -1.91. The lowest BCUT2D eigenvalue weighted by atomic mass is 10.4. The Kier molecular flexibility index (Phi) is 3.19. The average Bonchev–Trinajstić information content (AvgIpc) is 2.29. The predicted octanol–water partition coefficient (Wildman–Crippen LogP) is 3.51. The SMILES string of the molecule is O=[S@](c1ccccc1)c1cccc(Cl)c1. The lowest BCUT2D eigenvalue weighted by Gasteiger charge is -2.01. The third-order valence-electron chi connectivity index (χ3n) is 1.97. The Bertz CT molecular complexity index is 482. The normalized spacial score (nSPS) is 12.3. The summed E-state index contributed by atoms with van der Waals surface area (Å²) in [6.07, 6.45) is 0. The maximum atomic E-state index is 12.1. The molecule has 0 spiro atoms. The van der Waals surface area contributed by atoms with Crippen molar-refractivity contribution in [3.8, 4) is 0 Å². The van der Waals surface area contributed by atoms with Gasteiger partial charge in [0.15, 0.2) is 0 Å². The molecule has 0 aromatic heterocycles. The van der Waals surface area contributed by atoms with Crippen molar-refractivity contribution in [3.05, 3.63) is 59.6 Å². The third kappa shape index (κ3) is 2.46. The van der Waals surface area contributed by atoms with Gasteiger partial charge in [-0.05, 0) is 30.3 Å². The van der Waals surface area contributed by atoms with Gasteiger partial charge in [-0.1, -0.05) is 35.9 Å². The van der Waals surface area contributed by atoms with Gasteiger partial charge in [0.1, 0.15) is 0 Å². The molecule has 0 N–H and O–H groups in total. The lowest BCUT2D eigenvalue weighted by molar-refractivity contribution is 0.683. The molecular formula is C12H9ClOS. The van der Waals surface area contributed by atoms with Gasteiger partial charge in [0.05, 0.1) is 10.8 Å². The van der Waals surface area contributed by atoms with Gasteiger partial charge in [-0.2, -0.15) is 0 Å². The van der Waals surface area contributed by atoms with Crippen molar-refractivity contribution >= 4 is 22.4 Å². The third-order valence-corrected chi connectivity index (χ3v) is 3.58. The van der Waals surface area contributed by atoms with Crippen molar-refractivity contribution in [2.75, 3.05) is 0 Å². The molecule has 2 aromatic rings. The summed E-state index contributed by atoms with van der Waals surface area (Å²) < 4.78 is 12.1. The van der Waals surface area contributed by atoms with Crippen LogP contribution in [-0.4, -0.2) is 4.21 Å². The average molecular weight is 237 g/mol. The molecule has 76 valence electrons. The summed E-state index contributed by atoms with van der Waals surface area (Å²) in [6.45, 7) is 0. The van der Waals surface area contributed by atoms with Gasteiger partial charge in [0, 0.05) is 14.8 Å². The molecule has 0 aliphatic rings. The minimum absolute atomic E-state index is 0.608. The van der Waals surface area contributed by atoms with Crippen molar-refractivity contribution in [2.24, 2.45) is 0 Å². The predicted molar refractivity (Wildman–Crippen MR) is 62.6 cm³/mol. The van der Waals surface area contributed by atoms with Gasteiger partial charge < -0.3 is 0 Å². The van der Waals surface area contributed by atoms with Crippen LogP contribution in [0.3, 0.4) is 0 Å². The van der Waals surface area contributed by atoms with Gasteiger partial charge >= 0.3 is 0 Å². The van der Waals surface area contributed by atoms with Crippen LogP contribution in [0.15, 0.2) is 64.4 Å². The molecule has 0 bridgehead atoms. The van der Waals surface area contributed by atoms with Crippen molar-refractivity contribution < 1.29 is 4.21 Å². The van der Waals surface area contributed by atoms with Crippen LogP contribution in [0.1, 0.15) is 0 Å². The Hall–Kier alpha value is -1.12. The van der Waals surface area contributed by atoms with E-state index >= 15 is 0 Å². The van der Waals surface area contributed by atoms with E-state index in [1.165, 1.54) is 0 Å². The van der Waals surface area contributed by atoms with Gasteiger partial charge in [-0.15, -0.1) is 0 Å². The van der Waals surface area contributed by atoms with Crippen molar-refractivity contribution in [3.63, 3.8) is 0 Å². The van der Waals surface area contributed by atoms with Crippen LogP contribution in [0.25, 0.3) is 0 Å². The Morgan fingerprint density at radius 3 is 2.20 bits per heavy atom. The van der Waals surface area contributed by atoms with Crippen molar-refractivity contribution in [1.82, 2.24) is 0 Å². The molecule has 2 rings (SSSR count). The standard InChI is InChI=1S/C12H9ClOS/c13-10-5-4-8-12(9-10)15(14)11-6-2-1-3-7-11/h1-9H/t15-/m1/s1. The first kappa shape index (κ1) is 10.4. The molecule has 0 saturated heterocycles. The Balaban J connectivity index is 2.37. The summed E-state index contributed by atoms with van der Waals surface area (Å²) in [5.74, 6) is 0. The largest absolute Gasteiger partial charge is 0.249 e. The minimum atomic E-state index is -1.14. The fourth-order valence-electron chi connectivity index (χ4n) is 1.26. The molecule has 3 heteroatoms. The molecule has 2 aromatic carbocycles. The summed E-state index contributed by atoms with van der Waals surface area (Å²) in [5, 5.41) is 0.608. The second-order valence-corrected chi connectivity index (χ2v) is 4.96. The zero-order chi connectivity index (χ0) is 10.7. The van der Waals surface area contributed by atoms with Gasteiger partial charge in [-0.25, -0.2) is 4.21 Å². The highest BCUT2D eigenvalue weighted by atomic mass is 35.5. The topological polar surface area (TPSA) is 17.1 Å². The van der Waals surface area contributed by atoms with Crippen molar-refractivity contribution in [2.45, 2.75) is 9.79 Å². The van der Waals surface area contributed by atoms with E-state index in [0.717, 1.165) is 9.79 Å². The fraction of sp³-hybridized carbons (Fsp3) is 0. The van der Waals surface area contributed by atoms with Crippen LogP contribution >= 0.6 is 11.6 Å². The fourth-order valence-corrected chi connectivity index (χ4v) is 2.63. The number of rotatable bonds is 2. The smallest absolute Gasteiger partial charge is 0.0850 e. The quantitative estimate of drug-likeness (QED) is 0.780. The number of benzene rings is 2. The van der Waals surface area contributed by atoms with E-state index in [1.807, 2.05) is 36.4 Å². The first-order valence-corrected chi connectivity index (χ1v) is 6.02. The number of hydrogen-bond donors (Lipinski definition) is 0. The molecule has 1 nitrogen and oxygen atoms in total. The molecule has 0 aliphatic carbocycles. The van der Waals surface area contributed by atoms with E-state index in [0.29, 0.717) is 5.02 Å². The molecule has 0 saturated carbocycles.